The first-order valence-corrected chi connectivity index (χ1v) is 6.60. The van der Waals surface area contributed by atoms with Gasteiger partial charge in [0.15, 0.2) is 11.6 Å². The number of rotatable bonds is 4. The average Bonchev–Trinajstić information content (AvgIpc) is 2.38. The molecule has 1 aromatic rings. The van der Waals surface area contributed by atoms with Crippen LogP contribution in [0.15, 0.2) is 12.1 Å². The Bertz CT molecular complexity index is 437. The van der Waals surface area contributed by atoms with Crippen LogP contribution >= 0.6 is 0 Å². The normalized spacial score (nSPS) is 20.7. The van der Waals surface area contributed by atoms with E-state index >= 15 is 0 Å². The van der Waals surface area contributed by atoms with Crippen molar-refractivity contribution in [1.29, 1.82) is 0 Å². The standard InChI is InChI=1S/C14H18F3NO/c15-12-8-14(17)13(16)7-10(12)9-18-5-2-1-3-11(18)4-6-19/h7-8,11,19H,1-6,9H2. The molecule has 1 atom stereocenters. The van der Waals surface area contributed by atoms with E-state index in [9.17, 15) is 13.2 Å². The van der Waals surface area contributed by atoms with Gasteiger partial charge in [-0.2, -0.15) is 0 Å². The second kappa shape index (κ2) is 6.39. The number of piperidine rings is 1. The first-order valence-electron chi connectivity index (χ1n) is 6.60. The van der Waals surface area contributed by atoms with Crippen LogP contribution in [0, 0.1) is 17.5 Å². The van der Waals surface area contributed by atoms with Crippen molar-refractivity contribution in [3.63, 3.8) is 0 Å². The summed E-state index contributed by atoms with van der Waals surface area (Å²) in [6.07, 6.45) is 3.67. The summed E-state index contributed by atoms with van der Waals surface area (Å²) in [5, 5.41) is 9.03. The van der Waals surface area contributed by atoms with Crippen molar-refractivity contribution in [2.24, 2.45) is 0 Å². The van der Waals surface area contributed by atoms with Gasteiger partial charge in [-0.25, -0.2) is 13.2 Å². The fourth-order valence-electron chi connectivity index (χ4n) is 2.65. The molecule has 0 radical (unpaired) electrons. The number of halogens is 3. The maximum absolute atomic E-state index is 13.6. The number of hydrogen-bond acceptors (Lipinski definition) is 2. The van der Waals surface area contributed by atoms with Crippen LogP contribution < -0.4 is 0 Å². The highest BCUT2D eigenvalue weighted by Crippen LogP contribution is 2.23. The Balaban J connectivity index is 2.12. The number of aliphatic hydroxyl groups is 1. The molecule has 2 rings (SSSR count). The smallest absolute Gasteiger partial charge is 0.161 e. The second-order valence-electron chi connectivity index (χ2n) is 4.99. The van der Waals surface area contributed by atoms with Gasteiger partial charge in [0.1, 0.15) is 5.82 Å². The molecule has 1 N–H and O–H groups in total. The largest absolute Gasteiger partial charge is 0.396 e. The van der Waals surface area contributed by atoms with Crippen LogP contribution in [0.1, 0.15) is 31.2 Å². The molecular formula is C14H18F3NO. The molecule has 19 heavy (non-hydrogen) atoms. The van der Waals surface area contributed by atoms with Crippen molar-refractivity contribution in [2.75, 3.05) is 13.2 Å². The van der Waals surface area contributed by atoms with E-state index in [-0.39, 0.29) is 24.8 Å². The maximum atomic E-state index is 13.6. The van der Waals surface area contributed by atoms with Gasteiger partial charge in [0.25, 0.3) is 0 Å². The summed E-state index contributed by atoms with van der Waals surface area (Å²) >= 11 is 0. The van der Waals surface area contributed by atoms with Gasteiger partial charge >= 0.3 is 0 Å². The summed E-state index contributed by atoms with van der Waals surface area (Å²) in [4.78, 5) is 2.04. The van der Waals surface area contributed by atoms with E-state index < -0.39 is 17.5 Å². The first kappa shape index (κ1) is 14.3. The quantitative estimate of drug-likeness (QED) is 0.853. The first-order chi connectivity index (χ1) is 9.11. The predicted molar refractivity (Wildman–Crippen MR) is 66.1 cm³/mol. The monoisotopic (exact) mass is 273 g/mol. The maximum Gasteiger partial charge on any atom is 0.161 e. The van der Waals surface area contributed by atoms with E-state index in [2.05, 4.69) is 0 Å². The average molecular weight is 273 g/mol. The molecule has 1 heterocycles. The second-order valence-corrected chi connectivity index (χ2v) is 4.99. The lowest BCUT2D eigenvalue weighted by Crippen LogP contribution is -2.39. The minimum Gasteiger partial charge on any atom is -0.396 e. The van der Waals surface area contributed by atoms with Crippen molar-refractivity contribution in [3.8, 4) is 0 Å². The molecule has 1 aliphatic rings. The summed E-state index contributed by atoms with van der Waals surface area (Å²) in [5.41, 5.74) is 0.170. The van der Waals surface area contributed by atoms with E-state index in [0.717, 1.165) is 31.9 Å². The van der Waals surface area contributed by atoms with Crippen molar-refractivity contribution >= 4 is 0 Å². The van der Waals surface area contributed by atoms with Crippen LogP contribution in [0.5, 0.6) is 0 Å². The number of likely N-dealkylation sites (tertiary alicyclic amines) is 1. The zero-order valence-corrected chi connectivity index (χ0v) is 10.7. The summed E-state index contributed by atoms with van der Waals surface area (Å²) in [6.45, 7) is 1.14. The minimum absolute atomic E-state index is 0.0847. The van der Waals surface area contributed by atoms with Crippen LogP contribution in [0.3, 0.4) is 0 Å². The minimum atomic E-state index is -1.16. The van der Waals surface area contributed by atoms with E-state index in [1.807, 2.05) is 4.90 Å². The fourth-order valence-corrected chi connectivity index (χ4v) is 2.65. The Labute approximate surface area is 110 Å². The van der Waals surface area contributed by atoms with Gasteiger partial charge in [-0.3, -0.25) is 4.90 Å². The number of benzene rings is 1. The number of hydrogen-bond donors (Lipinski definition) is 1. The lowest BCUT2D eigenvalue weighted by atomic mass is 9.98. The molecular weight excluding hydrogens is 255 g/mol. The summed E-state index contributed by atoms with van der Waals surface area (Å²) in [5.74, 6) is -2.90. The number of nitrogens with zero attached hydrogens (tertiary/aromatic N) is 1. The summed E-state index contributed by atoms with van der Waals surface area (Å²) in [6, 6.07) is 1.71. The molecule has 1 aromatic carbocycles. The van der Waals surface area contributed by atoms with Gasteiger partial charge in [0.2, 0.25) is 0 Å². The molecule has 106 valence electrons. The van der Waals surface area contributed by atoms with Crippen LogP contribution in [0.2, 0.25) is 0 Å². The van der Waals surface area contributed by atoms with Gasteiger partial charge in [-0.1, -0.05) is 6.42 Å². The summed E-state index contributed by atoms with van der Waals surface area (Å²) in [7, 11) is 0. The van der Waals surface area contributed by atoms with E-state index in [1.54, 1.807) is 0 Å². The molecule has 0 aromatic heterocycles. The van der Waals surface area contributed by atoms with Crippen molar-refractivity contribution in [2.45, 2.75) is 38.3 Å². The molecule has 1 unspecified atom stereocenters. The van der Waals surface area contributed by atoms with Gasteiger partial charge in [0.05, 0.1) is 0 Å². The highest BCUT2D eigenvalue weighted by molar-refractivity contribution is 5.20. The van der Waals surface area contributed by atoms with Crippen molar-refractivity contribution in [3.05, 3.63) is 35.1 Å². The Hall–Kier alpha value is -1.07. The van der Waals surface area contributed by atoms with Gasteiger partial charge in [-0.05, 0) is 31.9 Å². The summed E-state index contributed by atoms with van der Waals surface area (Å²) < 4.78 is 39.6. The Morgan fingerprint density at radius 1 is 1.11 bits per heavy atom. The molecule has 5 heteroatoms. The highest BCUT2D eigenvalue weighted by atomic mass is 19.2. The molecule has 0 spiro atoms. The topological polar surface area (TPSA) is 23.5 Å². The van der Waals surface area contributed by atoms with E-state index in [0.29, 0.717) is 12.5 Å². The highest BCUT2D eigenvalue weighted by Gasteiger charge is 2.23. The van der Waals surface area contributed by atoms with Gasteiger partial charge in [0, 0.05) is 30.8 Å². The molecule has 0 saturated carbocycles. The zero-order valence-electron chi connectivity index (χ0n) is 10.7. The van der Waals surface area contributed by atoms with Gasteiger partial charge in [-0.15, -0.1) is 0 Å². The molecule has 0 aliphatic carbocycles. The fraction of sp³-hybridized carbons (Fsp3) is 0.571. The third-order valence-electron chi connectivity index (χ3n) is 3.67. The zero-order chi connectivity index (χ0) is 13.8. The SMILES string of the molecule is OCCC1CCCCN1Cc1cc(F)c(F)cc1F. The van der Waals surface area contributed by atoms with Crippen molar-refractivity contribution < 1.29 is 18.3 Å². The Morgan fingerprint density at radius 3 is 2.58 bits per heavy atom. The molecule has 0 amide bonds. The van der Waals surface area contributed by atoms with E-state index in [4.69, 9.17) is 5.11 Å². The Morgan fingerprint density at radius 2 is 1.84 bits per heavy atom. The molecule has 1 fully saturated rings. The van der Waals surface area contributed by atoms with Gasteiger partial charge < -0.3 is 5.11 Å². The third kappa shape index (κ3) is 3.48. The van der Waals surface area contributed by atoms with Crippen LogP contribution in [0.4, 0.5) is 13.2 Å². The molecule has 2 nitrogen and oxygen atoms in total. The van der Waals surface area contributed by atoms with Crippen molar-refractivity contribution in [1.82, 2.24) is 4.90 Å². The predicted octanol–water partition coefficient (Wildman–Crippen LogP) is 2.84. The Kier molecular flexibility index (Phi) is 4.82. The van der Waals surface area contributed by atoms with Crippen LogP contribution in [-0.2, 0) is 6.54 Å². The third-order valence-corrected chi connectivity index (χ3v) is 3.67. The molecule has 0 bridgehead atoms. The van der Waals surface area contributed by atoms with E-state index in [1.165, 1.54) is 0 Å². The lowest BCUT2D eigenvalue weighted by molar-refractivity contribution is 0.111. The number of aliphatic hydroxyl groups excluding tert-OH is 1. The molecule has 1 aliphatic heterocycles. The van der Waals surface area contributed by atoms with Crippen LogP contribution in [0.25, 0.3) is 0 Å². The van der Waals surface area contributed by atoms with Crippen LogP contribution in [-0.4, -0.2) is 29.2 Å². The lowest BCUT2D eigenvalue weighted by Gasteiger charge is -2.35. The molecule has 1 saturated heterocycles.